The zero-order valence-corrected chi connectivity index (χ0v) is 18.4. The van der Waals surface area contributed by atoms with Crippen molar-refractivity contribution in [1.29, 1.82) is 0 Å². The third-order valence-electron chi connectivity index (χ3n) is 4.28. The lowest BCUT2D eigenvalue weighted by Crippen LogP contribution is -2.12. The Hall–Kier alpha value is -3.05. The average molecular weight is 466 g/mol. The van der Waals surface area contributed by atoms with Crippen LogP contribution in [-0.2, 0) is 6.42 Å². The first-order valence-corrected chi connectivity index (χ1v) is 10.5. The Morgan fingerprint density at radius 3 is 2.40 bits per heavy atom. The maximum absolute atomic E-state index is 12.6. The highest BCUT2D eigenvalue weighted by Crippen LogP contribution is 2.27. The Bertz CT molecular complexity index is 1000. The molecule has 154 valence electrons. The molecule has 0 atom stereocenters. The number of carbonyl (C=O) groups is 1. The lowest BCUT2D eigenvalue weighted by molar-refractivity contribution is 0.102. The molecular weight excluding hydrogens is 442 g/mol. The van der Waals surface area contributed by atoms with E-state index >= 15 is 0 Å². The Labute approximate surface area is 185 Å². The number of hydrogen-bond acceptors (Lipinski definition) is 3. The third-order valence-corrected chi connectivity index (χ3v) is 4.90. The van der Waals surface area contributed by atoms with Gasteiger partial charge in [-0.25, -0.2) is 0 Å². The van der Waals surface area contributed by atoms with E-state index in [-0.39, 0.29) is 5.91 Å². The molecule has 3 aromatic rings. The minimum absolute atomic E-state index is 0.192. The van der Waals surface area contributed by atoms with Crippen molar-refractivity contribution in [3.8, 4) is 11.5 Å². The smallest absolute Gasteiger partial charge is 0.255 e. The van der Waals surface area contributed by atoms with Gasteiger partial charge in [-0.2, -0.15) is 0 Å². The molecule has 0 heterocycles. The molecule has 5 heteroatoms. The van der Waals surface area contributed by atoms with Crippen molar-refractivity contribution in [1.82, 2.24) is 0 Å². The van der Waals surface area contributed by atoms with Crippen LogP contribution < -0.4 is 14.8 Å². The first-order valence-electron chi connectivity index (χ1n) is 9.66. The van der Waals surface area contributed by atoms with Gasteiger partial charge in [-0.3, -0.25) is 4.79 Å². The number of rotatable bonds is 9. The summed E-state index contributed by atoms with van der Waals surface area (Å²) in [7, 11) is 0. The molecule has 0 radical (unpaired) electrons. The molecule has 3 aromatic carbocycles. The van der Waals surface area contributed by atoms with E-state index in [4.69, 9.17) is 9.47 Å². The van der Waals surface area contributed by atoms with E-state index in [0.717, 1.165) is 22.2 Å². The number of anilines is 1. The van der Waals surface area contributed by atoms with Gasteiger partial charge in [-0.05, 0) is 76.5 Å². The van der Waals surface area contributed by atoms with Gasteiger partial charge in [-0.15, -0.1) is 0 Å². The number of halogens is 1. The number of hydrogen-bond donors (Lipinski definition) is 1. The molecule has 30 heavy (non-hydrogen) atoms. The number of ether oxygens (including phenoxy) is 2. The van der Waals surface area contributed by atoms with E-state index in [9.17, 15) is 4.79 Å². The standard InChI is InChI=1S/C25H24BrNO3/c1-18(2)17-30-22-11-9-21(10-12-22)27-25(28)20-8-13-24(23(26)16-20)29-15-14-19-6-4-3-5-7-19/h3-13,16H,1,14-15,17H2,2H3,(H,27,28). The number of benzene rings is 3. The maximum Gasteiger partial charge on any atom is 0.255 e. The van der Waals surface area contributed by atoms with Crippen molar-refractivity contribution in [3.05, 3.63) is 101 Å². The summed E-state index contributed by atoms with van der Waals surface area (Å²) in [6.07, 6.45) is 0.821. The van der Waals surface area contributed by atoms with Crippen molar-refractivity contribution >= 4 is 27.5 Å². The van der Waals surface area contributed by atoms with Gasteiger partial charge in [0, 0.05) is 17.7 Å². The summed E-state index contributed by atoms with van der Waals surface area (Å²) in [6, 6.07) is 22.7. The van der Waals surface area contributed by atoms with Gasteiger partial charge in [0.05, 0.1) is 11.1 Å². The molecule has 0 spiro atoms. The molecule has 4 nitrogen and oxygen atoms in total. The predicted molar refractivity (Wildman–Crippen MR) is 124 cm³/mol. The fraction of sp³-hybridized carbons (Fsp3) is 0.160. The second kappa shape index (κ2) is 10.6. The summed E-state index contributed by atoms with van der Waals surface area (Å²) in [5, 5.41) is 2.89. The first-order chi connectivity index (χ1) is 14.5. The minimum Gasteiger partial charge on any atom is -0.492 e. The molecule has 3 rings (SSSR count). The van der Waals surface area contributed by atoms with Gasteiger partial charge in [0.2, 0.25) is 0 Å². The first kappa shape index (κ1) is 21.7. The fourth-order valence-electron chi connectivity index (χ4n) is 2.73. The molecule has 0 aromatic heterocycles. The third kappa shape index (κ3) is 6.49. The second-order valence-corrected chi connectivity index (χ2v) is 7.81. The molecule has 0 saturated carbocycles. The Morgan fingerprint density at radius 1 is 1.00 bits per heavy atom. The summed E-state index contributed by atoms with van der Waals surface area (Å²) in [6.45, 7) is 6.75. The highest BCUT2D eigenvalue weighted by molar-refractivity contribution is 9.10. The number of amides is 1. The molecule has 0 fully saturated rings. The maximum atomic E-state index is 12.6. The Balaban J connectivity index is 1.54. The van der Waals surface area contributed by atoms with Gasteiger partial charge >= 0.3 is 0 Å². The van der Waals surface area contributed by atoms with Crippen molar-refractivity contribution in [2.75, 3.05) is 18.5 Å². The van der Waals surface area contributed by atoms with Crippen LogP contribution in [0.4, 0.5) is 5.69 Å². The largest absolute Gasteiger partial charge is 0.492 e. The normalized spacial score (nSPS) is 10.3. The lowest BCUT2D eigenvalue weighted by Gasteiger charge is -2.11. The summed E-state index contributed by atoms with van der Waals surface area (Å²) >= 11 is 3.50. The highest BCUT2D eigenvalue weighted by atomic mass is 79.9. The number of carbonyl (C=O) groups excluding carboxylic acids is 1. The Morgan fingerprint density at radius 2 is 1.73 bits per heavy atom. The molecule has 0 aliphatic carbocycles. The zero-order valence-electron chi connectivity index (χ0n) is 16.9. The topological polar surface area (TPSA) is 47.6 Å². The summed E-state index contributed by atoms with van der Waals surface area (Å²) in [5.41, 5.74) is 3.41. The van der Waals surface area contributed by atoms with Crippen LogP contribution in [0.1, 0.15) is 22.8 Å². The molecule has 0 aliphatic rings. The van der Waals surface area contributed by atoms with Crippen LogP contribution in [0.3, 0.4) is 0 Å². The van der Waals surface area contributed by atoms with Crippen LogP contribution in [0.2, 0.25) is 0 Å². The molecule has 0 unspecified atom stereocenters. The average Bonchev–Trinajstić information content (AvgIpc) is 2.75. The lowest BCUT2D eigenvalue weighted by atomic mass is 10.1. The molecular formula is C25H24BrNO3. The van der Waals surface area contributed by atoms with Crippen molar-refractivity contribution in [2.24, 2.45) is 0 Å². The van der Waals surface area contributed by atoms with Crippen LogP contribution in [0.15, 0.2) is 89.4 Å². The van der Waals surface area contributed by atoms with Crippen LogP contribution in [0, 0.1) is 0 Å². The molecule has 1 amide bonds. The second-order valence-electron chi connectivity index (χ2n) is 6.95. The summed E-state index contributed by atoms with van der Waals surface area (Å²) in [4.78, 5) is 12.6. The minimum atomic E-state index is -0.192. The SMILES string of the molecule is C=C(C)COc1ccc(NC(=O)c2ccc(OCCc3ccccc3)c(Br)c2)cc1. The van der Waals surface area contributed by atoms with Gasteiger partial charge in [0.15, 0.2) is 0 Å². The van der Waals surface area contributed by atoms with Gasteiger partial charge < -0.3 is 14.8 Å². The molecule has 0 bridgehead atoms. The summed E-state index contributed by atoms with van der Waals surface area (Å²) < 4.78 is 12.2. The molecule has 0 saturated heterocycles. The van der Waals surface area contributed by atoms with Gasteiger partial charge in [-0.1, -0.05) is 36.9 Å². The van der Waals surface area contributed by atoms with Crippen molar-refractivity contribution in [2.45, 2.75) is 13.3 Å². The molecule has 0 aliphatic heterocycles. The van der Waals surface area contributed by atoms with Crippen molar-refractivity contribution < 1.29 is 14.3 Å². The van der Waals surface area contributed by atoms with E-state index < -0.39 is 0 Å². The van der Waals surface area contributed by atoms with Gasteiger partial charge in [0.1, 0.15) is 18.1 Å². The van der Waals surface area contributed by atoms with Gasteiger partial charge in [0.25, 0.3) is 5.91 Å². The monoisotopic (exact) mass is 465 g/mol. The number of nitrogens with one attached hydrogen (secondary N) is 1. The van der Waals surface area contributed by atoms with Crippen LogP contribution in [-0.4, -0.2) is 19.1 Å². The van der Waals surface area contributed by atoms with Crippen LogP contribution >= 0.6 is 15.9 Å². The van der Waals surface area contributed by atoms with Crippen LogP contribution in [0.5, 0.6) is 11.5 Å². The van der Waals surface area contributed by atoms with E-state index in [2.05, 4.69) is 40.0 Å². The zero-order chi connectivity index (χ0) is 21.3. The fourth-order valence-corrected chi connectivity index (χ4v) is 3.22. The molecule has 1 N–H and O–H groups in total. The van der Waals surface area contributed by atoms with Crippen molar-refractivity contribution in [3.63, 3.8) is 0 Å². The highest BCUT2D eigenvalue weighted by Gasteiger charge is 2.10. The van der Waals surface area contributed by atoms with Crippen LogP contribution in [0.25, 0.3) is 0 Å². The van der Waals surface area contributed by atoms with E-state index in [1.165, 1.54) is 5.56 Å². The van der Waals surface area contributed by atoms with E-state index in [1.807, 2.05) is 49.4 Å². The van der Waals surface area contributed by atoms with E-state index in [0.29, 0.717) is 30.2 Å². The predicted octanol–water partition coefficient (Wildman–Crippen LogP) is 6.28. The Kier molecular flexibility index (Phi) is 7.69. The van der Waals surface area contributed by atoms with E-state index in [1.54, 1.807) is 18.2 Å². The quantitative estimate of drug-likeness (QED) is 0.378. The summed E-state index contributed by atoms with van der Waals surface area (Å²) in [5.74, 6) is 1.25.